The number of amides is 1. The lowest BCUT2D eigenvalue weighted by molar-refractivity contribution is -0.127. The number of aliphatic hydroxyl groups is 1. The van der Waals surface area contributed by atoms with Crippen LogP contribution in [-0.2, 0) is 4.79 Å². The largest absolute Gasteiger partial charge is 0.481 e. The molecule has 0 aromatic carbocycles. The minimum atomic E-state index is -0.382. The lowest BCUT2D eigenvalue weighted by Crippen LogP contribution is -2.45. The highest BCUT2D eigenvalue weighted by molar-refractivity contribution is 5.80. The molecule has 27 heavy (non-hydrogen) atoms. The number of nitrogens with zero attached hydrogens (tertiary/aromatic N) is 5. The van der Waals surface area contributed by atoms with E-state index in [4.69, 9.17) is 4.74 Å². The Morgan fingerprint density at radius 1 is 1.44 bits per heavy atom. The third-order valence-electron chi connectivity index (χ3n) is 5.19. The van der Waals surface area contributed by atoms with Crippen LogP contribution in [0.4, 0.5) is 0 Å². The molecule has 2 aromatic heterocycles. The van der Waals surface area contributed by atoms with E-state index in [1.54, 1.807) is 19.4 Å². The smallest absolute Gasteiger partial charge is 0.228 e. The number of pyridine rings is 1. The van der Waals surface area contributed by atoms with Crippen LogP contribution in [0.15, 0.2) is 24.7 Å². The molecule has 11 nitrogen and oxygen atoms in total. The topological polar surface area (TPSA) is 139 Å². The number of tetrazole rings is 1. The highest BCUT2D eigenvalue weighted by Gasteiger charge is 2.40. The first-order valence-electron chi connectivity index (χ1n) is 8.85. The van der Waals surface area contributed by atoms with Crippen LogP contribution in [0.1, 0.15) is 30.6 Å². The molecular formula is C16H22N8O3. The van der Waals surface area contributed by atoms with Gasteiger partial charge in [-0.15, -0.1) is 5.10 Å². The summed E-state index contributed by atoms with van der Waals surface area (Å²) in [6, 6.07) is 3.44. The number of hydrogen-bond donors (Lipinski definition) is 4. The molecule has 4 N–H and O–H groups in total. The van der Waals surface area contributed by atoms with E-state index in [9.17, 15) is 9.90 Å². The molecular weight excluding hydrogens is 352 g/mol. The molecule has 3 unspecified atom stereocenters. The van der Waals surface area contributed by atoms with Crippen LogP contribution in [0, 0.1) is 11.8 Å². The van der Waals surface area contributed by atoms with Crippen LogP contribution in [0.5, 0.6) is 5.88 Å². The number of hydrogen-bond acceptors (Lipinski definition) is 9. The number of carbonyl (C=O) groups is 1. The van der Waals surface area contributed by atoms with Gasteiger partial charge in [-0.1, -0.05) is 6.07 Å². The Morgan fingerprint density at radius 3 is 2.93 bits per heavy atom. The lowest BCUT2D eigenvalue weighted by Gasteiger charge is -2.38. The average molecular weight is 374 g/mol. The summed E-state index contributed by atoms with van der Waals surface area (Å²) in [6.07, 6.45) is 3.78. The zero-order chi connectivity index (χ0) is 18.8. The number of hydrazine groups is 1. The minimum absolute atomic E-state index is 0.116. The Balaban J connectivity index is 1.51. The maximum absolute atomic E-state index is 13.0. The fourth-order valence-electron chi connectivity index (χ4n) is 3.60. The maximum atomic E-state index is 13.0. The van der Waals surface area contributed by atoms with Crippen LogP contribution in [-0.4, -0.2) is 56.0 Å². The van der Waals surface area contributed by atoms with Gasteiger partial charge in [0.05, 0.1) is 25.2 Å². The van der Waals surface area contributed by atoms with Gasteiger partial charge in [-0.2, -0.15) is 0 Å². The van der Waals surface area contributed by atoms with Gasteiger partial charge in [0.1, 0.15) is 12.5 Å². The predicted molar refractivity (Wildman–Crippen MR) is 91.9 cm³/mol. The van der Waals surface area contributed by atoms with Crippen molar-refractivity contribution < 1.29 is 14.6 Å². The molecule has 11 heteroatoms. The number of carbonyl (C=O) groups excluding carboxylic acids is 1. The molecule has 1 saturated heterocycles. The fourth-order valence-corrected chi connectivity index (χ4v) is 3.60. The molecule has 0 radical (unpaired) electrons. The standard InChI is InChI=1S/C16H22N8O3/c1-27-13-3-2-9(6-17-13)14(10-4-11(25)5-10)20-16(26)12-7-18-21-15(12)24-8-19-22-23-24/h2-3,6,8,10-12,14-15,18,21,25H,4-5,7H2,1H3,(H,20,26). The first-order valence-corrected chi connectivity index (χ1v) is 8.85. The van der Waals surface area contributed by atoms with E-state index in [2.05, 4.69) is 36.7 Å². The molecule has 4 rings (SSSR count). The SMILES string of the molecule is COc1ccc(C(NC(=O)C2CNNC2n2cnnn2)C2CC(O)C2)cn1. The van der Waals surface area contributed by atoms with Crippen molar-refractivity contribution in [2.45, 2.75) is 31.2 Å². The molecule has 0 bridgehead atoms. The molecule has 0 spiro atoms. The summed E-state index contributed by atoms with van der Waals surface area (Å²) in [5.74, 6) is 0.177. The van der Waals surface area contributed by atoms with Gasteiger partial charge in [0.15, 0.2) is 0 Å². The first-order chi connectivity index (χ1) is 13.2. The van der Waals surface area contributed by atoms with Crippen molar-refractivity contribution in [2.24, 2.45) is 11.8 Å². The number of methoxy groups -OCH3 is 1. The van der Waals surface area contributed by atoms with Gasteiger partial charge in [0.25, 0.3) is 0 Å². The van der Waals surface area contributed by atoms with Crippen molar-refractivity contribution in [3.8, 4) is 5.88 Å². The Hall–Kier alpha value is -2.63. The average Bonchev–Trinajstić information content (AvgIpc) is 3.35. The summed E-state index contributed by atoms with van der Waals surface area (Å²) in [7, 11) is 1.56. The van der Waals surface area contributed by atoms with E-state index in [0.717, 1.165) is 5.56 Å². The summed E-state index contributed by atoms with van der Waals surface area (Å²) in [6.45, 7) is 0.456. The van der Waals surface area contributed by atoms with Crippen LogP contribution in [0.2, 0.25) is 0 Å². The second-order valence-electron chi connectivity index (χ2n) is 6.87. The molecule has 3 heterocycles. The molecule has 2 aromatic rings. The monoisotopic (exact) mass is 374 g/mol. The molecule has 144 valence electrons. The maximum Gasteiger partial charge on any atom is 0.228 e. The molecule has 1 saturated carbocycles. The van der Waals surface area contributed by atoms with Crippen LogP contribution < -0.4 is 20.9 Å². The predicted octanol–water partition coefficient (Wildman–Crippen LogP) is -1.07. The molecule has 2 aliphatic rings. The van der Waals surface area contributed by atoms with Crippen molar-refractivity contribution in [3.05, 3.63) is 30.2 Å². The Kier molecular flexibility index (Phi) is 4.97. The van der Waals surface area contributed by atoms with Gasteiger partial charge in [0.2, 0.25) is 11.8 Å². The second kappa shape index (κ2) is 7.55. The van der Waals surface area contributed by atoms with Gasteiger partial charge in [-0.25, -0.2) is 15.1 Å². The Bertz CT molecular complexity index is 762. The van der Waals surface area contributed by atoms with Crippen molar-refractivity contribution in [2.75, 3.05) is 13.7 Å². The highest BCUT2D eigenvalue weighted by Crippen LogP contribution is 2.38. The number of aromatic nitrogens is 5. The number of ether oxygens (including phenoxy) is 1. The quantitative estimate of drug-likeness (QED) is 0.497. The fraction of sp³-hybridized carbons (Fsp3) is 0.562. The van der Waals surface area contributed by atoms with E-state index >= 15 is 0 Å². The summed E-state index contributed by atoms with van der Waals surface area (Å²) < 4.78 is 6.62. The Labute approximate surface area is 155 Å². The second-order valence-corrected chi connectivity index (χ2v) is 6.87. The van der Waals surface area contributed by atoms with Crippen molar-refractivity contribution in [1.29, 1.82) is 0 Å². The third-order valence-corrected chi connectivity index (χ3v) is 5.19. The van der Waals surface area contributed by atoms with Gasteiger partial charge < -0.3 is 15.2 Å². The number of aliphatic hydroxyl groups excluding tert-OH is 1. The van der Waals surface area contributed by atoms with E-state index in [-0.39, 0.29) is 36.1 Å². The van der Waals surface area contributed by atoms with Crippen molar-refractivity contribution in [1.82, 2.24) is 41.4 Å². The summed E-state index contributed by atoms with van der Waals surface area (Å²) in [4.78, 5) is 17.3. The van der Waals surface area contributed by atoms with Gasteiger partial charge in [-0.05, 0) is 34.7 Å². The zero-order valence-corrected chi connectivity index (χ0v) is 14.8. The lowest BCUT2D eigenvalue weighted by atomic mass is 9.75. The van der Waals surface area contributed by atoms with E-state index < -0.39 is 0 Å². The van der Waals surface area contributed by atoms with E-state index in [1.807, 2.05) is 6.07 Å². The molecule has 1 aliphatic carbocycles. The van der Waals surface area contributed by atoms with E-state index in [1.165, 1.54) is 11.0 Å². The molecule has 2 fully saturated rings. The minimum Gasteiger partial charge on any atom is -0.481 e. The zero-order valence-electron chi connectivity index (χ0n) is 14.8. The van der Waals surface area contributed by atoms with Gasteiger partial charge in [0, 0.05) is 18.8 Å². The van der Waals surface area contributed by atoms with Crippen LogP contribution >= 0.6 is 0 Å². The number of nitrogens with one attached hydrogen (secondary N) is 3. The Morgan fingerprint density at radius 2 is 2.30 bits per heavy atom. The van der Waals surface area contributed by atoms with Crippen LogP contribution in [0.25, 0.3) is 0 Å². The van der Waals surface area contributed by atoms with Gasteiger partial charge >= 0.3 is 0 Å². The van der Waals surface area contributed by atoms with Gasteiger partial charge in [-0.3, -0.25) is 10.2 Å². The molecule has 1 amide bonds. The highest BCUT2D eigenvalue weighted by atomic mass is 16.5. The summed E-state index contributed by atoms with van der Waals surface area (Å²) in [5.41, 5.74) is 6.90. The molecule has 1 aliphatic heterocycles. The van der Waals surface area contributed by atoms with E-state index in [0.29, 0.717) is 25.3 Å². The van der Waals surface area contributed by atoms with Crippen molar-refractivity contribution in [3.63, 3.8) is 0 Å². The summed E-state index contributed by atoms with van der Waals surface area (Å²) >= 11 is 0. The normalized spacial score (nSPS) is 28.4. The van der Waals surface area contributed by atoms with Crippen molar-refractivity contribution >= 4 is 5.91 Å². The summed E-state index contributed by atoms with van der Waals surface area (Å²) in [5, 5.41) is 24.0. The third kappa shape index (κ3) is 3.61. The number of rotatable bonds is 6. The molecule has 3 atom stereocenters. The first kappa shape index (κ1) is 17.8. The van der Waals surface area contributed by atoms with Crippen LogP contribution in [0.3, 0.4) is 0 Å².